The molecule has 3 aromatic rings. The molecule has 184 valence electrons. The molecule has 1 atom stereocenters. The second kappa shape index (κ2) is 14.2. The molecule has 2 amide bonds. The monoisotopic (exact) mass is 492 g/mol. The summed E-state index contributed by atoms with van der Waals surface area (Å²) < 4.78 is 5.76. The van der Waals surface area contributed by atoms with Crippen molar-refractivity contribution in [1.29, 1.82) is 0 Å². The van der Waals surface area contributed by atoms with E-state index in [0.29, 0.717) is 30.3 Å². The number of halogens is 1. The van der Waals surface area contributed by atoms with E-state index in [2.05, 4.69) is 12.2 Å². The van der Waals surface area contributed by atoms with E-state index in [-0.39, 0.29) is 18.4 Å². The SMILES string of the molecule is CCCCCNC(=O)C(Cc1ccccc1)N(Cc1ccccc1)C(=O)COc1ccccc1Cl. The van der Waals surface area contributed by atoms with Gasteiger partial charge in [-0.3, -0.25) is 9.59 Å². The van der Waals surface area contributed by atoms with Gasteiger partial charge in [0.05, 0.1) is 5.02 Å². The molecular formula is C29H33ClN2O3. The number of hydrogen-bond donors (Lipinski definition) is 1. The lowest BCUT2D eigenvalue weighted by Crippen LogP contribution is -2.51. The van der Waals surface area contributed by atoms with Crippen molar-refractivity contribution in [1.82, 2.24) is 10.2 Å². The fraction of sp³-hybridized carbons (Fsp3) is 0.310. The molecule has 5 nitrogen and oxygen atoms in total. The Hall–Kier alpha value is -3.31. The fourth-order valence-corrected chi connectivity index (χ4v) is 4.01. The van der Waals surface area contributed by atoms with Gasteiger partial charge in [-0.15, -0.1) is 0 Å². The first-order valence-electron chi connectivity index (χ1n) is 12.1. The van der Waals surface area contributed by atoms with Crippen molar-refractivity contribution in [3.63, 3.8) is 0 Å². The maximum absolute atomic E-state index is 13.5. The summed E-state index contributed by atoms with van der Waals surface area (Å²) in [6.45, 7) is 2.79. The van der Waals surface area contributed by atoms with Crippen molar-refractivity contribution in [2.75, 3.05) is 13.2 Å². The molecule has 0 saturated carbocycles. The van der Waals surface area contributed by atoms with Crippen molar-refractivity contribution in [3.8, 4) is 5.75 Å². The van der Waals surface area contributed by atoms with Gasteiger partial charge in [0.1, 0.15) is 11.8 Å². The number of carbonyl (C=O) groups excluding carboxylic acids is 2. The standard InChI is InChI=1S/C29H33ClN2O3/c1-2-3-12-19-31-29(34)26(20-23-13-6-4-7-14-23)32(21-24-15-8-5-9-16-24)28(33)22-35-27-18-11-10-17-25(27)30/h4-11,13-18,26H,2-3,12,19-22H2,1H3,(H,31,34). The Morgan fingerprint density at radius 3 is 2.17 bits per heavy atom. The van der Waals surface area contributed by atoms with Crippen molar-refractivity contribution < 1.29 is 14.3 Å². The number of benzene rings is 3. The molecule has 0 saturated heterocycles. The molecule has 1 N–H and O–H groups in total. The number of amides is 2. The van der Waals surface area contributed by atoms with Crippen LogP contribution in [0.3, 0.4) is 0 Å². The van der Waals surface area contributed by atoms with Crippen molar-refractivity contribution >= 4 is 23.4 Å². The molecule has 0 heterocycles. The first kappa shape index (κ1) is 26.3. The van der Waals surface area contributed by atoms with Crippen LogP contribution in [0.4, 0.5) is 0 Å². The normalized spacial score (nSPS) is 11.5. The van der Waals surface area contributed by atoms with Gasteiger partial charge in [0, 0.05) is 19.5 Å². The molecule has 35 heavy (non-hydrogen) atoms. The number of nitrogens with zero attached hydrogens (tertiary/aromatic N) is 1. The predicted octanol–water partition coefficient (Wildman–Crippen LogP) is 5.67. The lowest BCUT2D eigenvalue weighted by atomic mass is 10.0. The van der Waals surface area contributed by atoms with Crippen LogP contribution in [0.2, 0.25) is 5.02 Å². The van der Waals surface area contributed by atoms with E-state index in [1.54, 1.807) is 29.2 Å². The predicted molar refractivity (Wildman–Crippen MR) is 140 cm³/mol. The molecular weight excluding hydrogens is 460 g/mol. The summed E-state index contributed by atoms with van der Waals surface area (Å²) in [5.74, 6) is -0.00352. The third kappa shape index (κ3) is 8.45. The zero-order valence-corrected chi connectivity index (χ0v) is 20.9. The molecule has 0 bridgehead atoms. The van der Waals surface area contributed by atoms with Gasteiger partial charge in [0.2, 0.25) is 5.91 Å². The van der Waals surface area contributed by atoms with Crippen LogP contribution in [-0.4, -0.2) is 35.9 Å². The van der Waals surface area contributed by atoms with E-state index < -0.39 is 6.04 Å². The van der Waals surface area contributed by atoms with Crippen LogP contribution in [0.5, 0.6) is 5.75 Å². The van der Waals surface area contributed by atoms with Gasteiger partial charge >= 0.3 is 0 Å². The number of nitrogens with one attached hydrogen (secondary N) is 1. The summed E-state index contributed by atoms with van der Waals surface area (Å²) in [5, 5.41) is 3.48. The molecule has 0 aliphatic heterocycles. The fourth-order valence-electron chi connectivity index (χ4n) is 3.82. The van der Waals surface area contributed by atoms with Gasteiger partial charge in [0.15, 0.2) is 6.61 Å². The molecule has 3 aromatic carbocycles. The zero-order valence-electron chi connectivity index (χ0n) is 20.2. The van der Waals surface area contributed by atoms with Crippen molar-refractivity contribution in [2.24, 2.45) is 0 Å². The summed E-state index contributed by atoms with van der Waals surface area (Å²) >= 11 is 6.21. The van der Waals surface area contributed by atoms with Crippen LogP contribution < -0.4 is 10.1 Å². The number of carbonyl (C=O) groups is 2. The van der Waals surface area contributed by atoms with Crippen LogP contribution in [-0.2, 0) is 22.6 Å². The molecule has 0 aliphatic carbocycles. The smallest absolute Gasteiger partial charge is 0.261 e. The minimum atomic E-state index is -0.679. The molecule has 6 heteroatoms. The lowest BCUT2D eigenvalue weighted by molar-refractivity contribution is -0.142. The van der Waals surface area contributed by atoms with Crippen LogP contribution >= 0.6 is 11.6 Å². The lowest BCUT2D eigenvalue weighted by Gasteiger charge is -2.31. The average molecular weight is 493 g/mol. The Morgan fingerprint density at radius 1 is 0.886 bits per heavy atom. The van der Waals surface area contributed by atoms with E-state index >= 15 is 0 Å². The number of para-hydroxylation sites is 1. The minimum absolute atomic E-state index is 0.160. The van der Waals surface area contributed by atoms with Crippen LogP contribution in [0.1, 0.15) is 37.3 Å². The number of ether oxygens (including phenoxy) is 1. The van der Waals surface area contributed by atoms with Gasteiger partial charge < -0.3 is 15.0 Å². The highest BCUT2D eigenvalue weighted by Crippen LogP contribution is 2.23. The number of rotatable bonds is 13. The molecule has 3 rings (SSSR count). The Morgan fingerprint density at radius 2 is 1.51 bits per heavy atom. The Labute approximate surface area is 213 Å². The van der Waals surface area contributed by atoms with Crippen LogP contribution in [0, 0.1) is 0 Å². The Bertz CT molecular complexity index is 1060. The van der Waals surface area contributed by atoms with Gasteiger partial charge in [-0.1, -0.05) is 104 Å². The van der Waals surface area contributed by atoms with E-state index in [9.17, 15) is 9.59 Å². The number of hydrogen-bond acceptors (Lipinski definition) is 3. The molecule has 0 aromatic heterocycles. The Kier molecular flexibility index (Phi) is 10.6. The van der Waals surface area contributed by atoms with Gasteiger partial charge in [-0.05, 0) is 29.7 Å². The van der Waals surface area contributed by atoms with E-state index in [4.69, 9.17) is 16.3 Å². The highest BCUT2D eigenvalue weighted by Gasteiger charge is 2.30. The van der Waals surface area contributed by atoms with E-state index in [0.717, 1.165) is 30.4 Å². The molecule has 0 radical (unpaired) electrons. The maximum Gasteiger partial charge on any atom is 0.261 e. The van der Waals surface area contributed by atoms with E-state index in [1.807, 2.05) is 60.7 Å². The third-order valence-corrected chi connectivity index (χ3v) is 6.05. The molecule has 0 spiro atoms. The van der Waals surface area contributed by atoms with E-state index in [1.165, 1.54) is 0 Å². The number of unbranched alkanes of at least 4 members (excludes halogenated alkanes) is 2. The minimum Gasteiger partial charge on any atom is -0.482 e. The highest BCUT2D eigenvalue weighted by molar-refractivity contribution is 6.32. The zero-order chi connectivity index (χ0) is 24.9. The topological polar surface area (TPSA) is 58.6 Å². The second-order valence-corrected chi connectivity index (χ2v) is 8.84. The summed E-state index contributed by atoms with van der Waals surface area (Å²) in [6.07, 6.45) is 3.43. The first-order chi connectivity index (χ1) is 17.1. The highest BCUT2D eigenvalue weighted by atomic mass is 35.5. The largest absolute Gasteiger partial charge is 0.482 e. The van der Waals surface area contributed by atoms with Crippen LogP contribution in [0.15, 0.2) is 84.9 Å². The third-order valence-electron chi connectivity index (χ3n) is 5.73. The Balaban J connectivity index is 1.85. The maximum atomic E-state index is 13.5. The molecule has 0 aliphatic rings. The summed E-state index contributed by atoms with van der Waals surface area (Å²) in [4.78, 5) is 28.6. The summed E-state index contributed by atoms with van der Waals surface area (Å²) in [5.41, 5.74) is 1.93. The average Bonchev–Trinajstić information content (AvgIpc) is 2.89. The molecule has 0 fully saturated rings. The second-order valence-electron chi connectivity index (χ2n) is 8.43. The quantitative estimate of drug-likeness (QED) is 0.313. The molecule has 1 unspecified atom stereocenters. The summed E-state index contributed by atoms with van der Waals surface area (Å²) in [7, 11) is 0. The van der Waals surface area contributed by atoms with Crippen LogP contribution in [0.25, 0.3) is 0 Å². The van der Waals surface area contributed by atoms with Crippen molar-refractivity contribution in [3.05, 3.63) is 101 Å². The van der Waals surface area contributed by atoms with Gasteiger partial charge in [-0.2, -0.15) is 0 Å². The first-order valence-corrected chi connectivity index (χ1v) is 12.5. The summed E-state index contributed by atoms with van der Waals surface area (Å²) in [6, 6.07) is 25.8. The van der Waals surface area contributed by atoms with Crippen molar-refractivity contribution in [2.45, 2.75) is 45.2 Å². The van der Waals surface area contributed by atoms with Gasteiger partial charge in [-0.25, -0.2) is 0 Å². The van der Waals surface area contributed by atoms with Gasteiger partial charge in [0.25, 0.3) is 5.91 Å².